The molecule has 6 heteroatoms. The van der Waals surface area contributed by atoms with Crippen LogP contribution >= 0.6 is 0 Å². The maximum atomic E-state index is 12.0. The molecule has 1 aliphatic heterocycles. The minimum Gasteiger partial charge on any atom is -0.345 e. The first-order valence-electron chi connectivity index (χ1n) is 7.34. The molecule has 1 saturated heterocycles. The zero-order valence-electron chi connectivity index (χ0n) is 13.3. The second kappa shape index (κ2) is 7.47. The Morgan fingerprint density at radius 2 is 1.80 bits per heavy atom. The number of urea groups is 1. The third kappa shape index (κ3) is 4.37. The molecule has 6 nitrogen and oxygen atoms in total. The van der Waals surface area contributed by atoms with Crippen molar-refractivity contribution in [1.29, 1.82) is 0 Å². The number of likely N-dealkylation sites (N-methyl/N-ethyl adjacent to an activating group) is 1. The van der Waals surface area contributed by atoms with E-state index in [-0.39, 0.29) is 18.0 Å². The second-order valence-electron chi connectivity index (χ2n) is 5.68. The zero-order chi connectivity index (χ0) is 15.3. The maximum absolute atomic E-state index is 12.0. The van der Waals surface area contributed by atoms with Crippen molar-refractivity contribution in [2.24, 2.45) is 0 Å². The highest BCUT2D eigenvalue weighted by atomic mass is 16.2. The Morgan fingerprint density at radius 1 is 1.25 bits per heavy atom. The van der Waals surface area contributed by atoms with Crippen LogP contribution in [0.5, 0.6) is 0 Å². The molecule has 0 radical (unpaired) electrons. The number of hydrogen-bond donors (Lipinski definition) is 1. The molecule has 1 unspecified atom stereocenters. The smallest absolute Gasteiger partial charge is 0.319 e. The topological polar surface area (TPSA) is 55.9 Å². The molecule has 0 aromatic carbocycles. The first-order chi connectivity index (χ1) is 9.36. The van der Waals surface area contributed by atoms with Crippen LogP contribution in [0.3, 0.4) is 0 Å². The molecule has 1 fully saturated rings. The van der Waals surface area contributed by atoms with Gasteiger partial charge in [0, 0.05) is 46.8 Å². The van der Waals surface area contributed by atoms with Crippen LogP contribution in [-0.2, 0) is 4.79 Å². The van der Waals surface area contributed by atoms with E-state index in [1.807, 2.05) is 25.8 Å². The van der Waals surface area contributed by atoms with Gasteiger partial charge in [-0.25, -0.2) is 4.79 Å². The predicted molar refractivity (Wildman–Crippen MR) is 79.6 cm³/mol. The summed E-state index contributed by atoms with van der Waals surface area (Å²) < 4.78 is 0. The van der Waals surface area contributed by atoms with Gasteiger partial charge in [0.05, 0.1) is 6.04 Å². The van der Waals surface area contributed by atoms with Crippen molar-refractivity contribution in [3.05, 3.63) is 0 Å². The van der Waals surface area contributed by atoms with Crippen molar-refractivity contribution in [1.82, 2.24) is 20.0 Å². The van der Waals surface area contributed by atoms with Gasteiger partial charge >= 0.3 is 6.03 Å². The summed E-state index contributed by atoms with van der Waals surface area (Å²) in [6.45, 7) is 6.10. The molecule has 0 aromatic heterocycles. The van der Waals surface area contributed by atoms with Gasteiger partial charge in [-0.2, -0.15) is 0 Å². The van der Waals surface area contributed by atoms with Crippen molar-refractivity contribution in [3.63, 3.8) is 0 Å². The SMILES string of the molecule is CCN(C)C(=O)C(C)NC1CCN(C(=O)N(C)C)CC1. The number of likely N-dealkylation sites (tertiary alicyclic amines) is 1. The standard InChI is InChI=1S/C14H28N4O2/c1-6-17(5)13(19)11(2)15-12-7-9-18(10-8-12)14(20)16(3)4/h11-12,15H,6-10H2,1-5H3. The van der Waals surface area contributed by atoms with Gasteiger partial charge in [0.15, 0.2) is 0 Å². The molecule has 116 valence electrons. The Hall–Kier alpha value is -1.30. The fourth-order valence-corrected chi connectivity index (χ4v) is 2.43. The summed E-state index contributed by atoms with van der Waals surface area (Å²) in [7, 11) is 5.36. The molecule has 1 rings (SSSR count). The van der Waals surface area contributed by atoms with Crippen LogP contribution in [0.15, 0.2) is 0 Å². The van der Waals surface area contributed by atoms with Gasteiger partial charge in [-0.3, -0.25) is 4.79 Å². The van der Waals surface area contributed by atoms with Gasteiger partial charge in [-0.05, 0) is 26.7 Å². The van der Waals surface area contributed by atoms with Crippen molar-refractivity contribution in [2.45, 2.75) is 38.8 Å². The van der Waals surface area contributed by atoms with Gasteiger partial charge in [0.25, 0.3) is 0 Å². The quantitative estimate of drug-likeness (QED) is 0.822. The number of hydrogen-bond acceptors (Lipinski definition) is 3. The van der Waals surface area contributed by atoms with Gasteiger partial charge in [0.1, 0.15) is 0 Å². The van der Waals surface area contributed by atoms with Crippen molar-refractivity contribution in [3.8, 4) is 0 Å². The summed E-state index contributed by atoms with van der Waals surface area (Å²) in [5.41, 5.74) is 0. The monoisotopic (exact) mass is 284 g/mol. The molecular formula is C14H28N4O2. The first kappa shape index (κ1) is 16.8. The summed E-state index contributed by atoms with van der Waals surface area (Å²) in [6.07, 6.45) is 1.79. The van der Waals surface area contributed by atoms with E-state index in [9.17, 15) is 9.59 Å². The zero-order valence-corrected chi connectivity index (χ0v) is 13.3. The lowest BCUT2D eigenvalue weighted by Gasteiger charge is -2.35. The molecule has 0 aliphatic carbocycles. The molecule has 20 heavy (non-hydrogen) atoms. The molecule has 0 saturated carbocycles. The Morgan fingerprint density at radius 3 is 2.25 bits per heavy atom. The molecule has 1 atom stereocenters. The number of rotatable bonds is 4. The van der Waals surface area contributed by atoms with E-state index in [1.165, 1.54) is 0 Å². The Bertz CT molecular complexity index is 338. The largest absolute Gasteiger partial charge is 0.345 e. The third-order valence-corrected chi connectivity index (χ3v) is 3.85. The number of nitrogens with one attached hydrogen (secondary N) is 1. The summed E-state index contributed by atoms with van der Waals surface area (Å²) in [4.78, 5) is 29.0. The van der Waals surface area contributed by atoms with Crippen molar-refractivity contribution >= 4 is 11.9 Å². The van der Waals surface area contributed by atoms with Crippen molar-refractivity contribution < 1.29 is 9.59 Å². The van der Waals surface area contributed by atoms with Crippen LogP contribution in [0.4, 0.5) is 4.79 Å². The lowest BCUT2D eigenvalue weighted by Crippen LogP contribution is -2.52. The van der Waals surface area contributed by atoms with Crippen LogP contribution in [-0.4, -0.2) is 79.5 Å². The highest BCUT2D eigenvalue weighted by Crippen LogP contribution is 2.12. The summed E-state index contributed by atoms with van der Waals surface area (Å²) in [5.74, 6) is 0.124. The summed E-state index contributed by atoms with van der Waals surface area (Å²) in [5, 5.41) is 3.38. The number of nitrogens with zero attached hydrogens (tertiary/aromatic N) is 3. The maximum Gasteiger partial charge on any atom is 0.319 e. The molecule has 1 N–H and O–H groups in total. The first-order valence-corrected chi connectivity index (χ1v) is 7.34. The van der Waals surface area contributed by atoms with Crippen LogP contribution in [0, 0.1) is 0 Å². The second-order valence-corrected chi connectivity index (χ2v) is 5.68. The number of piperidine rings is 1. The molecular weight excluding hydrogens is 256 g/mol. The van der Waals surface area contributed by atoms with E-state index in [2.05, 4.69) is 5.32 Å². The lowest BCUT2D eigenvalue weighted by molar-refractivity contribution is -0.131. The van der Waals surface area contributed by atoms with Crippen LogP contribution in [0.25, 0.3) is 0 Å². The predicted octanol–water partition coefficient (Wildman–Crippen LogP) is 0.589. The molecule has 0 aromatic rings. The Labute approximate surface area is 122 Å². The third-order valence-electron chi connectivity index (χ3n) is 3.85. The molecule has 1 aliphatic rings. The normalized spacial score (nSPS) is 17.8. The van der Waals surface area contributed by atoms with Gasteiger partial charge in [0.2, 0.25) is 5.91 Å². The van der Waals surface area contributed by atoms with E-state index >= 15 is 0 Å². The van der Waals surface area contributed by atoms with Gasteiger partial charge < -0.3 is 20.0 Å². The summed E-state index contributed by atoms with van der Waals surface area (Å²) in [6, 6.07) is 0.213. The van der Waals surface area contributed by atoms with Crippen LogP contribution in [0.1, 0.15) is 26.7 Å². The average molecular weight is 284 g/mol. The Balaban J connectivity index is 2.39. The highest BCUT2D eigenvalue weighted by Gasteiger charge is 2.26. The van der Waals surface area contributed by atoms with Crippen LogP contribution < -0.4 is 5.32 Å². The average Bonchev–Trinajstić information content (AvgIpc) is 2.45. The lowest BCUT2D eigenvalue weighted by atomic mass is 10.0. The minimum absolute atomic E-state index is 0.0679. The van der Waals surface area contributed by atoms with E-state index in [1.54, 1.807) is 23.9 Å². The highest BCUT2D eigenvalue weighted by molar-refractivity contribution is 5.81. The fourth-order valence-electron chi connectivity index (χ4n) is 2.43. The molecule has 3 amide bonds. The number of carbonyl (C=O) groups is 2. The van der Waals surface area contributed by atoms with Crippen molar-refractivity contribution in [2.75, 3.05) is 40.8 Å². The number of carbonyl (C=O) groups excluding carboxylic acids is 2. The van der Waals surface area contributed by atoms with Gasteiger partial charge in [-0.15, -0.1) is 0 Å². The van der Waals surface area contributed by atoms with E-state index in [4.69, 9.17) is 0 Å². The fraction of sp³-hybridized carbons (Fsp3) is 0.857. The molecule has 1 heterocycles. The van der Waals surface area contributed by atoms with E-state index in [0.29, 0.717) is 6.04 Å². The van der Waals surface area contributed by atoms with E-state index in [0.717, 1.165) is 32.5 Å². The minimum atomic E-state index is -0.166. The van der Waals surface area contributed by atoms with Gasteiger partial charge in [-0.1, -0.05) is 0 Å². The number of amides is 3. The Kier molecular flexibility index (Phi) is 6.26. The van der Waals surface area contributed by atoms with Crippen LogP contribution in [0.2, 0.25) is 0 Å². The summed E-state index contributed by atoms with van der Waals surface area (Å²) >= 11 is 0. The molecule has 0 spiro atoms. The van der Waals surface area contributed by atoms with E-state index < -0.39 is 0 Å². The molecule has 0 bridgehead atoms.